The van der Waals surface area contributed by atoms with Gasteiger partial charge in [-0.25, -0.2) is 0 Å². The zero-order chi connectivity index (χ0) is 21.4. The van der Waals surface area contributed by atoms with Crippen molar-refractivity contribution in [1.29, 1.82) is 0 Å². The third-order valence-electron chi connectivity index (χ3n) is 5.36. The zero-order valence-corrected chi connectivity index (χ0v) is 19.5. The van der Waals surface area contributed by atoms with Crippen LogP contribution in [0, 0.1) is 6.92 Å². The quantitative estimate of drug-likeness (QED) is 0.282. The van der Waals surface area contributed by atoms with Gasteiger partial charge in [0.2, 0.25) is 0 Å². The number of hydrogen-bond donors (Lipinski definition) is 0. The summed E-state index contributed by atoms with van der Waals surface area (Å²) in [6.45, 7) is 7.40. The summed E-state index contributed by atoms with van der Waals surface area (Å²) < 4.78 is 6.36. The van der Waals surface area contributed by atoms with E-state index in [9.17, 15) is 0 Å². The van der Waals surface area contributed by atoms with Gasteiger partial charge in [0, 0.05) is 24.0 Å². The van der Waals surface area contributed by atoms with Crippen LogP contribution in [0.1, 0.15) is 48.9 Å². The van der Waals surface area contributed by atoms with E-state index in [2.05, 4.69) is 92.5 Å². The molecular formula is C27H32NOP. The van der Waals surface area contributed by atoms with Crippen molar-refractivity contribution in [3.8, 4) is 5.75 Å². The molecule has 0 bridgehead atoms. The molecule has 3 heteroatoms. The molecule has 0 aliphatic rings. The topological polar surface area (TPSA) is 21.6 Å². The molecule has 2 nitrogen and oxygen atoms in total. The Balaban J connectivity index is 1.97. The third kappa shape index (κ3) is 5.58. The Bertz CT molecular complexity index is 983. The summed E-state index contributed by atoms with van der Waals surface area (Å²) in [6, 6.07) is 25.6. The first-order chi connectivity index (χ1) is 14.6. The van der Waals surface area contributed by atoms with Crippen LogP contribution < -0.4 is 10.0 Å². The molecule has 0 aliphatic carbocycles. The lowest BCUT2D eigenvalue weighted by molar-refractivity contribution is 0.299. The lowest BCUT2D eigenvalue weighted by atomic mass is 9.93. The van der Waals surface area contributed by atoms with Crippen LogP contribution >= 0.6 is 8.58 Å². The average molecular weight is 418 g/mol. The molecule has 3 rings (SSSR count). The van der Waals surface area contributed by atoms with Crippen LogP contribution in [-0.4, -0.2) is 13.3 Å². The molecule has 2 unspecified atom stereocenters. The Kier molecular flexibility index (Phi) is 7.82. The van der Waals surface area contributed by atoms with Crippen LogP contribution in [0.4, 0.5) is 0 Å². The SMILES string of the molecule is CCCC(C)(Pc1ccccc1C=NC)c1cc(C)ccc1OCc1ccccc1. The summed E-state index contributed by atoms with van der Waals surface area (Å²) in [5.74, 6) is 0.995. The monoisotopic (exact) mass is 417 g/mol. The van der Waals surface area contributed by atoms with Gasteiger partial charge in [-0.1, -0.05) is 101 Å². The first-order valence-electron chi connectivity index (χ1n) is 10.6. The maximum Gasteiger partial charge on any atom is 0.123 e. The highest BCUT2D eigenvalue weighted by molar-refractivity contribution is 7.48. The molecule has 0 saturated carbocycles. The summed E-state index contributed by atoms with van der Waals surface area (Å²) in [4.78, 5) is 4.26. The van der Waals surface area contributed by atoms with Gasteiger partial charge in [0.25, 0.3) is 0 Å². The van der Waals surface area contributed by atoms with Crippen molar-refractivity contribution in [2.45, 2.75) is 45.4 Å². The van der Waals surface area contributed by atoms with Crippen LogP contribution in [0.2, 0.25) is 0 Å². The Morgan fingerprint density at radius 1 is 1.00 bits per heavy atom. The van der Waals surface area contributed by atoms with E-state index in [1.54, 1.807) is 0 Å². The highest BCUT2D eigenvalue weighted by Gasteiger charge is 2.30. The van der Waals surface area contributed by atoms with Crippen LogP contribution in [0.5, 0.6) is 5.75 Å². The average Bonchev–Trinajstić information content (AvgIpc) is 2.75. The predicted molar refractivity (Wildman–Crippen MR) is 132 cm³/mol. The van der Waals surface area contributed by atoms with Crippen LogP contribution in [-0.2, 0) is 11.8 Å². The van der Waals surface area contributed by atoms with E-state index in [0.29, 0.717) is 15.2 Å². The number of nitrogens with zero attached hydrogens (tertiary/aromatic N) is 1. The molecule has 30 heavy (non-hydrogen) atoms. The van der Waals surface area contributed by atoms with Crippen LogP contribution in [0.25, 0.3) is 0 Å². The van der Waals surface area contributed by atoms with Crippen molar-refractivity contribution in [2.24, 2.45) is 4.99 Å². The fourth-order valence-electron chi connectivity index (χ4n) is 3.86. The third-order valence-corrected chi connectivity index (χ3v) is 7.15. The van der Waals surface area contributed by atoms with Gasteiger partial charge >= 0.3 is 0 Å². The van der Waals surface area contributed by atoms with Crippen molar-refractivity contribution >= 4 is 20.1 Å². The molecule has 0 fully saturated rings. The second-order valence-corrected chi connectivity index (χ2v) is 9.85. The van der Waals surface area contributed by atoms with Gasteiger partial charge < -0.3 is 4.74 Å². The van der Waals surface area contributed by atoms with E-state index in [4.69, 9.17) is 4.74 Å². The number of ether oxygens (including phenoxy) is 1. The van der Waals surface area contributed by atoms with Crippen molar-refractivity contribution in [2.75, 3.05) is 7.05 Å². The molecule has 0 aromatic heterocycles. The second-order valence-electron chi connectivity index (χ2n) is 7.96. The van der Waals surface area contributed by atoms with Crippen LogP contribution in [0.15, 0.2) is 77.8 Å². The maximum absolute atomic E-state index is 6.36. The number of benzene rings is 3. The van der Waals surface area contributed by atoms with Crippen molar-refractivity contribution in [3.63, 3.8) is 0 Å². The van der Waals surface area contributed by atoms with Gasteiger partial charge in [-0.15, -0.1) is 0 Å². The fourth-order valence-corrected chi connectivity index (χ4v) is 5.63. The Morgan fingerprint density at radius 2 is 1.73 bits per heavy atom. The largest absolute Gasteiger partial charge is 0.489 e. The molecule has 0 saturated heterocycles. The minimum atomic E-state index is 0.00444. The lowest BCUT2D eigenvalue weighted by Gasteiger charge is -2.33. The summed E-state index contributed by atoms with van der Waals surface area (Å²) in [5.41, 5.74) is 4.97. The Hall–Kier alpha value is -2.44. The molecule has 0 N–H and O–H groups in total. The van der Waals surface area contributed by atoms with E-state index < -0.39 is 0 Å². The van der Waals surface area contributed by atoms with Gasteiger partial charge in [0.05, 0.1) is 0 Å². The Labute approximate surface area is 183 Å². The first kappa shape index (κ1) is 22.2. The van der Waals surface area contributed by atoms with E-state index in [0.717, 1.165) is 18.6 Å². The number of aryl methyl sites for hydroxylation is 1. The molecule has 2 atom stereocenters. The normalized spacial score (nSPS) is 13.7. The van der Waals surface area contributed by atoms with Crippen molar-refractivity contribution in [1.82, 2.24) is 0 Å². The van der Waals surface area contributed by atoms with Gasteiger partial charge in [-0.3, -0.25) is 4.99 Å². The molecule has 0 aliphatic heterocycles. The highest BCUT2D eigenvalue weighted by atomic mass is 31.1. The molecule has 0 heterocycles. The fraction of sp³-hybridized carbons (Fsp3) is 0.296. The molecular weight excluding hydrogens is 385 g/mol. The lowest BCUT2D eigenvalue weighted by Crippen LogP contribution is -2.22. The van der Waals surface area contributed by atoms with Gasteiger partial charge in [-0.05, 0) is 35.8 Å². The van der Waals surface area contributed by atoms with Crippen LogP contribution in [0.3, 0.4) is 0 Å². The van der Waals surface area contributed by atoms with Crippen molar-refractivity contribution in [3.05, 3.63) is 95.1 Å². The summed E-state index contributed by atoms with van der Waals surface area (Å²) in [7, 11) is 2.47. The molecule has 0 spiro atoms. The zero-order valence-electron chi connectivity index (χ0n) is 18.5. The molecule has 3 aromatic carbocycles. The standard InChI is InChI=1S/C27H32NOP/c1-5-17-27(3,30-26-14-10-9-13-23(26)19-28-4)24-18-21(2)15-16-25(24)29-20-22-11-7-6-8-12-22/h6-16,18-19,30H,5,17,20H2,1-4H3. The Morgan fingerprint density at radius 3 is 2.47 bits per heavy atom. The number of aliphatic imine (C=N–C) groups is 1. The van der Waals surface area contributed by atoms with E-state index in [1.807, 2.05) is 19.3 Å². The van der Waals surface area contributed by atoms with Crippen molar-refractivity contribution < 1.29 is 4.74 Å². The maximum atomic E-state index is 6.36. The van der Waals surface area contributed by atoms with E-state index in [1.165, 1.54) is 27.6 Å². The summed E-state index contributed by atoms with van der Waals surface area (Å²) in [5, 5.41) is 1.36. The number of hydrogen-bond acceptors (Lipinski definition) is 2. The minimum Gasteiger partial charge on any atom is -0.489 e. The second kappa shape index (κ2) is 10.5. The van der Waals surface area contributed by atoms with Gasteiger partial charge in [0.1, 0.15) is 12.4 Å². The minimum absolute atomic E-state index is 0.00444. The first-order valence-corrected chi connectivity index (χ1v) is 11.6. The summed E-state index contributed by atoms with van der Waals surface area (Å²) in [6.07, 6.45) is 4.20. The molecule has 0 amide bonds. The molecule has 156 valence electrons. The van der Waals surface area contributed by atoms with Gasteiger partial charge in [-0.2, -0.15) is 0 Å². The highest BCUT2D eigenvalue weighted by Crippen LogP contribution is 2.48. The summed E-state index contributed by atoms with van der Waals surface area (Å²) >= 11 is 0. The number of rotatable bonds is 9. The van der Waals surface area contributed by atoms with E-state index >= 15 is 0 Å². The molecule has 3 aromatic rings. The smallest absolute Gasteiger partial charge is 0.123 e. The predicted octanol–water partition coefficient (Wildman–Crippen LogP) is 6.64. The molecule has 0 radical (unpaired) electrons. The van der Waals surface area contributed by atoms with E-state index in [-0.39, 0.29) is 5.16 Å². The van der Waals surface area contributed by atoms with Gasteiger partial charge in [0.15, 0.2) is 0 Å².